The number of hydrogen-bond donors (Lipinski definition) is 1. The molecule has 0 radical (unpaired) electrons. The van der Waals surface area contributed by atoms with Gasteiger partial charge < -0.3 is 10.6 Å². The number of nitrogens with two attached hydrogens (primary N) is 1. The lowest BCUT2D eigenvalue weighted by atomic mass is 10.1. The van der Waals surface area contributed by atoms with Crippen molar-refractivity contribution in [1.82, 2.24) is 4.90 Å². The predicted molar refractivity (Wildman–Crippen MR) is 81.3 cm³/mol. The van der Waals surface area contributed by atoms with Crippen LogP contribution in [0.5, 0.6) is 0 Å². The lowest BCUT2D eigenvalue weighted by Crippen LogP contribution is -2.23. The zero-order valence-corrected chi connectivity index (χ0v) is 11.6. The third-order valence-electron chi connectivity index (χ3n) is 3.09. The monoisotopic (exact) mass is 244 g/mol. The van der Waals surface area contributed by atoms with Gasteiger partial charge in [0, 0.05) is 24.5 Å². The fourth-order valence-corrected chi connectivity index (χ4v) is 1.90. The van der Waals surface area contributed by atoms with Crippen LogP contribution < -0.4 is 5.73 Å². The molecule has 1 aromatic carbocycles. The third kappa shape index (κ3) is 3.66. The van der Waals surface area contributed by atoms with E-state index in [1.807, 2.05) is 25.1 Å². The van der Waals surface area contributed by atoms with Crippen LogP contribution in [0.1, 0.15) is 30.9 Å². The Labute approximate surface area is 111 Å². The summed E-state index contributed by atoms with van der Waals surface area (Å²) in [5.41, 5.74) is 10.0. The second kappa shape index (κ2) is 6.90. The van der Waals surface area contributed by atoms with Crippen molar-refractivity contribution in [2.24, 2.45) is 0 Å². The smallest absolute Gasteiger partial charge is 0.0367 e. The van der Waals surface area contributed by atoms with E-state index < -0.39 is 0 Å². The van der Waals surface area contributed by atoms with Crippen molar-refractivity contribution in [1.29, 1.82) is 0 Å². The Hall–Kier alpha value is -1.70. The van der Waals surface area contributed by atoms with Gasteiger partial charge in [0.2, 0.25) is 0 Å². The number of benzene rings is 1. The van der Waals surface area contributed by atoms with E-state index in [0.29, 0.717) is 0 Å². The molecule has 0 aliphatic heterocycles. The molecule has 0 bridgehead atoms. The Bertz CT molecular complexity index is 421. The van der Waals surface area contributed by atoms with E-state index in [9.17, 15) is 0 Å². The summed E-state index contributed by atoms with van der Waals surface area (Å²) in [5.74, 6) is 0. The number of nitrogen functional groups attached to an aromatic ring is 1. The highest BCUT2D eigenvalue weighted by molar-refractivity contribution is 5.66. The first-order chi connectivity index (χ1) is 8.60. The molecule has 0 heterocycles. The molecule has 0 saturated carbocycles. The molecule has 0 amide bonds. The van der Waals surface area contributed by atoms with Crippen molar-refractivity contribution in [2.45, 2.75) is 26.7 Å². The van der Waals surface area contributed by atoms with Crippen LogP contribution in [0.3, 0.4) is 0 Å². The molecule has 18 heavy (non-hydrogen) atoms. The van der Waals surface area contributed by atoms with Crippen molar-refractivity contribution in [2.75, 3.05) is 18.8 Å². The average molecular weight is 244 g/mol. The molecule has 2 N–H and O–H groups in total. The summed E-state index contributed by atoms with van der Waals surface area (Å²) in [7, 11) is 0. The molecule has 2 nitrogen and oxygen atoms in total. The standard InChI is InChI=1S/C16H24N2/c1-5-7-11-18(10-6-2)14(4)15-9-8-13(3)16(17)12-15/h5,8-9,12H,1,4,6-7,10-11,17H2,2-3H3. The Balaban J connectivity index is 2.86. The van der Waals surface area contributed by atoms with Crippen LogP contribution in [0.25, 0.3) is 5.70 Å². The number of rotatable bonds is 7. The van der Waals surface area contributed by atoms with E-state index >= 15 is 0 Å². The molecule has 1 rings (SSSR count). The number of aryl methyl sites for hydroxylation is 1. The molecule has 0 aliphatic carbocycles. The van der Waals surface area contributed by atoms with Gasteiger partial charge in [-0.3, -0.25) is 0 Å². The van der Waals surface area contributed by atoms with Gasteiger partial charge in [0.15, 0.2) is 0 Å². The summed E-state index contributed by atoms with van der Waals surface area (Å²) in [6, 6.07) is 6.15. The number of hydrogen-bond acceptors (Lipinski definition) is 2. The minimum Gasteiger partial charge on any atom is -0.398 e. The quantitative estimate of drug-likeness (QED) is 0.583. The molecular weight excluding hydrogens is 220 g/mol. The highest BCUT2D eigenvalue weighted by atomic mass is 15.1. The van der Waals surface area contributed by atoms with Gasteiger partial charge >= 0.3 is 0 Å². The van der Waals surface area contributed by atoms with E-state index in [0.717, 1.165) is 48.4 Å². The summed E-state index contributed by atoms with van der Waals surface area (Å²) in [6.45, 7) is 14.1. The number of nitrogens with zero attached hydrogens (tertiary/aromatic N) is 1. The van der Waals surface area contributed by atoms with Gasteiger partial charge in [-0.2, -0.15) is 0 Å². The largest absolute Gasteiger partial charge is 0.398 e. The summed E-state index contributed by atoms with van der Waals surface area (Å²) >= 11 is 0. The Morgan fingerprint density at radius 1 is 1.39 bits per heavy atom. The van der Waals surface area contributed by atoms with E-state index in [4.69, 9.17) is 5.73 Å². The van der Waals surface area contributed by atoms with Gasteiger partial charge in [-0.1, -0.05) is 31.7 Å². The predicted octanol–water partition coefficient (Wildman–Crippen LogP) is 3.84. The highest BCUT2D eigenvalue weighted by Gasteiger charge is 2.09. The number of anilines is 1. The summed E-state index contributed by atoms with van der Waals surface area (Å²) in [5, 5.41) is 0. The normalized spacial score (nSPS) is 10.1. The first-order valence-electron chi connectivity index (χ1n) is 6.51. The Kier molecular flexibility index (Phi) is 5.50. The maximum atomic E-state index is 5.96. The third-order valence-corrected chi connectivity index (χ3v) is 3.09. The van der Waals surface area contributed by atoms with E-state index in [-0.39, 0.29) is 0 Å². The molecule has 0 aliphatic rings. The van der Waals surface area contributed by atoms with E-state index in [1.54, 1.807) is 0 Å². The van der Waals surface area contributed by atoms with Crippen molar-refractivity contribution in [3.63, 3.8) is 0 Å². The topological polar surface area (TPSA) is 29.3 Å². The van der Waals surface area contributed by atoms with Crippen LogP contribution in [-0.4, -0.2) is 18.0 Å². The van der Waals surface area contributed by atoms with Crippen molar-refractivity contribution >= 4 is 11.4 Å². The molecule has 1 aromatic rings. The van der Waals surface area contributed by atoms with Crippen LogP contribution in [0.4, 0.5) is 5.69 Å². The van der Waals surface area contributed by atoms with Gasteiger partial charge in [0.05, 0.1) is 0 Å². The first-order valence-corrected chi connectivity index (χ1v) is 6.51. The van der Waals surface area contributed by atoms with E-state index in [2.05, 4.69) is 31.0 Å². The molecule has 0 aromatic heterocycles. The first kappa shape index (κ1) is 14.4. The van der Waals surface area contributed by atoms with Crippen molar-refractivity contribution < 1.29 is 0 Å². The van der Waals surface area contributed by atoms with Crippen LogP contribution in [0, 0.1) is 6.92 Å². The highest BCUT2D eigenvalue weighted by Crippen LogP contribution is 2.22. The molecule has 0 saturated heterocycles. The molecule has 0 spiro atoms. The van der Waals surface area contributed by atoms with Gasteiger partial charge in [-0.15, -0.1) is 6.58 Å². The van der Waals surface area contributed by atoms with Gasteiger partial charge in [-0.25, -0.2) is 0 Å². The van der Waals surface area contributed by atoms with Crippen molar-refractivity contribution in [3.05, 3.63) is 48.6 Å². The van der Waals surface area contributed by atoms with Crippen LogP contribution in [0.15, 0.2) is 37.4 Å². The minimum absolute atomic E-state index is 0.828. The maximum absolute atomic E-state index is 5.96. The second-order valence-electron chi connectivity index (χ2n) is 4.58. The molecule has 0 fully saturated rings. The molecule has 98 valence electrons. The lowest BCUT2D eigenvalue weighted by Gasteiger charge is -2.26. The fourth-order valence-electron chi connectivity index (χ4n) is 1.90. The molecule has 0 atom stereocenters. The minimum atomic E-state index is 0.828. The van der Waals surface area contributed by atoms with Crippen LogP contribution >= 0.6 is 0 Å². The second-order valence-corrected chi connectivity index (χ2v) is 4.58. The van der Waals surface area contributed by atoms with Gasteiger partial charge in [-0.05, 0) is 37.0 Å². The SMILES string of the molecule is C=CCCN(CCC)C(=C)c1ccc(C)c(N)c1. The average Bonchev–Trinajstić information content (AvgIpc) is 2.37. The van der Waals surface area contributed by atoms with Crippen LogP contribution in [0.2, 0.25) is 0 Å². The molecule has 2 heteroatoms. The molecule has 0 unspecified atom stereocenters. The van der Waals surface area contributed by atoms with Crippen molar-refractivity contribution in [3.8, 4) is 0 Å². The van der Waals surface area contributed by atoms with E-state index in [1.165, 1.54) is 0 Å². The zero-order chi connectivity index (χ0) is 13.5. The lowest BCUT2D eigenvalue weighted by molar-refractivity contribution is 0.404. The Morgan fingerprint density at radius 2 is 2.11 bits per heavy atom. The summed E-state index contributed by atoms with van der Waals surface area (Å²) in [6.07, 6.45) is 4.03. The fraction of sp³-hybridized carbons (Fsp3) is 0.375. The van der Waals surface area contributed by atoms with Crippen LogP contribution in [-0.2, 0) is 0 Å². The summed E-state index contributed by atoms with van der Waals surface area (Å²) in [4.78, 5) is 2.30. The van der Waals surface area contributed by atoms with Gasteiger partial charge in [0.1, 0.15) is 0 Å². The summed E-state index contributed by atoms with van der Waals surface area (Å²) < 4.78 is 0. The molecular formula is C16H24N2. The van der Waals surface area contributed by atoms with Gasteiger partial charge in [0.25, 0.3) is 0 Å². The zero-order valence-electron chi connectivity index (χ0n) is 11.6. The Morgan fingerprint density at radius 3 is 2.67 bits per heavy atom. The maximum Gasteiger partial charge on any atom is 0.0367 e.